The number of hydrogen-bond donors (Lipinski definition) is 2. The molecule has 0 aromatic heterocycles. The molecule has 0 aliphatic rings. The summed E-state index contributed by atoms with van der Waals surface area (Å²) in [6, 6.07) is 14.6. The molecule has 2 aromatic carbocycles. The van der Waals surface area contributed by atoms with E-state index in [1.807, 2.05) is 30.3 Å². The summed E-state index contributed by atoms with van der Waals surface area (Å²) in [5.41, 5.74) is 8.47. The zero-order valence-corrected chi connectivity index (χ0v) is 10.5. The van der Waals surface area contributed by atoms with E-state index in [1.165, 1.54) is 0 Å². The molecular weight excluding hydrogens is 250 g/mol. The van der Waals surface area contributed by atoms with Gasteiger partial charge >= 0.3 is 5.97 Å². The van der Waals surface area contributed by atoms with Gasteiger partial charge in [-0.15, -0.1) is 12.4 Å². The Hall–Kier alpha value is -1.84. The summed E-state index contributed by atoms with van der Waals surface area (Å²) in [4.78, 5) is 11.1. The maximum absolute atomic E-state index is 11.1. The first-order valence-electron chi connectivity index (χ1n) is 5.34. The van der Waals surface area contributed by atoms with E-state index < -0.39 is 5.97 Å². The summed E-state index contributed by atoms with van der Waals surface area (Å²) < 4.78 is 0. The van der Waals surface area contributed by atoms with Gasteiger partial charge in [0.15, 0.2) is 0 Å². The lowest BCUT2D eigenvalue weighted by atomic mass is 9.98. The lowest BCUT2D eigenvalue weighted by Gasteiger charge is -2.07. The molecule has 0 fully saturated rings. The van der Waals surface area contributed by atoms with Gasteiger partial charge in [-0.3, -0.25) is 0 Å². The Bertz CT molecular complexity index is 555. The number of rotatable bonds is 3. The van der Waals surface area contributed by atoms with E-state index in [0.29, 0.717) is 12.1 Å². The number of halogens is 1. The summed E-state index contributed by atoms with van der Waals surface area (Å²) in [6.07, 6.45) is 0. The van der Waals surface area contributed by atoms with Gasteiger partial charge in [0.25, 0.3) is 0 Å². The lowest BCUT2D eigenvalue weighted by Crippen LogP contribution is -2.00. The highest BCUT2D eigenvalue weighted by atomic mass is 35.5. The fraction of sp³-hybridized carbons (Fsp3) is 0.0714. The Morgan fingerprint density at radius 2 is 1.83 bits per heavy atom. The van der Waals surface area contributed by atoms with E-state index in [2.05, 4.69) is 0 Å². The molecule has 94 valence electrons. The number of carboxylic acid groups (broad SMARTS) is 1. The lowest BCUT2D eigenvalue weighted by molar-refractivity contribution is 0.0697. The summed E-state index contributed by atoms with van der Waals surface area (Å²) in [5.74, 6) is -0.918. The average Bonchev–Trinajstić information content (AvgIpc) is 2.39. The largest absolute Gasteiger partial charge is 0.478 e. The van der Waals surface area contributed by atoms with Gasteiger partial charge in [0, 0.05) is 6.54 Å². The normalized spacial score (nSPS) is 9.61. The van der Waals surface area contributed by atoms with Crippen LogP contribution in [0.25, 0.3) is 11.1 Å². The third-order valence-electron chi connectivity index (χ3n) is 2.63. The smallest absolute Gasteiger partial charge is 0.336 e. The van der Waals surface area contributed by atoms with Crippen molar-refractivity contribution in [3.05, 3.63) is 59.7 Å². The van der Waals surface area contributed by atoms with E-state index in [4.69, 9.17) is 10.8 Å². The first-order chi connectivity index (χ1) is 8.22. The SMILES string of the molecule is Cl.NCc1cccc(-c2ccccc2C(=O)O)c1. The molecule has 3 nitrogen and oxygen atoms in total. The second-order valence-corrected chi connectivity index (χ2v) is 3.76. The van der Waals surface area contributed by atoms with Gasteiger partial charge in [-0.25, -0.2) is 4.79 Å². The molecule has 18 heavy (non-hydrogen) atoms. The van der Waals surface area contributed by atoms with Crippen molar-refractivity contribution in [2.45, 2.75) is 6.54 Å². The topological polar surface area (TPSA) is 63.3 Å². The van der Waals surface area contributed by atoms with Crippen LogP contribution in [0.15, 0.2) is 48.5 Å². The quantitative estimate of drug-likeness (QED) is 0.895. The van der Waals surface area contributed by atoms with Gasteiger partial charge in [-0.05, 0) is 28.8 Å². The number of nitrogens with two attached hydrogens (primary N) is 1. The Morgan fingerprint density at radius 1 is 1.11 bits per heavy atom. The number of carbonyl (C=O) groups is 1. The van der Waals surface area contributed by atoms with Crippen LogP contribution in [0.3, 0.4) is 0 Å². The van der Waals surface area contributed by atoms with Gasteiger partial charge in [-0.1, -0.05) is 36.4 Å². The van der Waals surface area contributed by atoms with E-state index in [9.17, 15) is 4.79 Å². The van der Waals surface area contributed by atoms with Crippen molar-refractivity contribution in [2.75, 3.05) is 0 Å². The maximum Gasteiger partial charge on any atom is 0.336 e. The molecule has 2 aromatic rings. The van der Waals surface area contributed by atoms with Crippen LogP contribution in [0, 0.1) is 0 Å². The number of hydrogen-bond acceptors (Lipinski definition) is 2. The molecule has 0 bridgehead atoms. The van der Waals surface area contributed by atoms with E-state index in [0.717, 1.165) is 16.7 Å². The first kappa shape index (κ1) is 14.2. The van der Waals surface area contributed by atoms with Crippen LogP contribution in [-0.4, -0.2) is 11.1 Å². The van der Waals surface area contributed by atoms with Crippen LogP contribution in [0.1, 0.15) is 15.9 Å². The molecule has 3 N–H and O–H groups in total. The van der Waals surface area contributed by atoms with Crippen molar-refractivity contribution in [3.8, 4) is 11.1 Å². The Kier molecular flexibility index (Phi) is 4.89. The van der Waals surface area contributed by atoms with Gasteiger partial charge in [0.1, 0.15) is 0 Å². The summed E-state index contributed by atoms with van der Waals surface area (Å²) in [6.45, 7) is 0.447. The minimum atomic E-state index is -0.918. The number of aromatic carboxylic acids is 1. The second kappa shape index (κ2) is 6.19. The zero-order chi connectivity index (χ0) is 12.3. The third kappa shape index (κ3) is 2.88. The predicted molar refractivity (Wildman–Crippen MR) is 74.0 cm³/mol. The summed E-state index contributed by atoms with van der Waals surface area (Å²) in [5, 5.41) is 9.13. The first-order valence-corrected chi connectivity index (χ1v) is 5.34. The molecule has 2 rings (SSSR count). The third-order valence-corrected chi connectivity index (χ3v) is 2.63. The second-order valence-electron chi connectivity index (χ2n) is 3.76. The average molecular weight is 264 g/mol. The highest BCUT2D eigenvalue weighted by Crippen LogP contribution is 2.24. The molecule has 0 saturated heterocycles. The monoisotopic (exact) mass is 263 g/mol. The fourth-order valence-electron chi connectivity index (χ4n) is 1.79. The Morgan fingerprint density at radius 3 is 2.50 bits per heavy atom. The molecule has 0 unspecified atom stereocenters. The van der Waals surface area contributed by atoms with Crippen LogP contribution in [-0.2, 0) is 6.54 Å². The molecule has 0 spiro atoms. The maximum atomic E-state index is 11.1. The number of carboxylic acids is 1. The van der Waals surface area contributed by atoms with Crippen LogP contribution >= 0.6 is 12.4 Å². The molecule has 0 saturated carbocycles. The van der Waals surface area contributed by atoms with Crippen molar-refractivity contribution < 1.29 is 9.90 Å². The predicted octanol–water partition coefficient (Wildman–Crippen LogP) is 2.93. The van der Waals surface area contributed by atoms with Gasteiger partial charge in [-0.2, -0.15) is 0 Å². The standard InChI is InChI=1S/C14H13NO2.ClH/c15-9-10-4-3-5-11(8-10)12-6-1-2-7-13(12)14(16)17;/h1-8H,9,15H2,(H,16,17);1H. The van der Waals surface area contributed by atoms with Gasteiger partial charge < -0.3 is 10.8 Å². The van der Waals surface area contributed by atoms with Crippen molar-refractivity contribution in [2.24, 2.45) is 5.73 Å². The van der Waals surface area contributed by atoms with Gasteiger partial charge in [0.05, 0.1) is 5.56 Å². The van der Waals surface area contributed by atoms with Crippen LogP contribution in [0.5, 0.6) is 0 Å². The summed E-state index contributed by atoms with van der Waals surface area (Å²) >= 11 is 0. The highest BCUT2D eigenvalue weighted by Gasteiger charge is 2.10. The Balaban J connectivity index is 0.00000162. The summed E-state index contributed by atoms with van der Waals surface area (Å²) in [7, 11) is 0. The molecule has 0 aliphatic carbocycles. The van der Waals surface area contributed by atoms with E-state index in [1.54, 1.807) is 18.2 Å². The molecule has 0 radical (unpaired) electrons. The van der Waals surface area contributed by atoms with E-state index in [-0.39, 0.29) is 12.4 Å². The molecule has 0 heterocycles. The van der Waals surface area contributed by atoms with Crippen LogP contribution in [0.4, 0.5) is 0 Å². The molecule has 4 heteroatoms. The van der Waals surface area contributed by atoms with Crippen LogP contribution in [0.2, 0.25) is 0 Å². The zero-order valence-electron chi connectivity index (χ0n) is 9.67. The van der Waals surface area contributed by atoms with Crippen molar-refractivity contribution >= 4 is 18.4 Å². The van der Waals surface area contributed by atoms with Crippen molar-refractivity contribution in [3.63, 3.8) is 0 Å². The molecular formula is C14H14ClNO2. The van der Waals surface area contributed by atoms with E-state index >= 15 is 0 Å². The number of benzene rings is 2. The van der Waals surface area contributed by atoms with Crippen molar-refractivity contribution in [1.29, 1.82) is 0 Å². The van der Waals surface area contributed by atoms with Crippen LogP contribution < -0.4 is 5.73 Å². The van der Waals surface area contributed by atoms with Crippen molar-refractivity contribution in [1.82, 2.24) is 0 Å². The minimum absolute atomic E-state index is 0. The molecule has 0 atom stereocenters. The highest BCUT2D eigenvalue weighted by molar-refractivity contribution is 5.96. The van der Waals surface area contributed by atoms with Gasteiger partial charge in [0.2, 0.25) is 0 Å². The molecule has 0 aliphatic heterocycles. The molecule has 0 amide bonds. The minimum Gasteiger partial charge on any atom is -0.478 e. The fourth-order valence-corrected chi connectivity index (χ4v) is 1.79. The Labute approximate surface area is 112 Å².